The normalized spacial score (nSPS) is 12.8. The Hall–Kier alpha value is -2.24. The Morgan fingerprint density at radius 1 is 1.10 bits per heavy atom. The van der Waals surface area contributed by atoms with Crippen LogP contribution in [0.15, 0.2) is 46.9 Å². The summed E-state index contributed by atoms with van der Waals surface area (Å²) in [5, 5.41) is 0.910. The van der Waals surface area contributed by atoms with Crippen molar-refractivity contribution in [3.8, 4) is 0 Å². The van der Waals surface area contributed by atoms with E-state index in [4.69, 9.17) is 10.3 Å². The minimum atomic E-state index is -0.682. The lowest BCUT2D eigenvalue weighted by Gasteiger charge is -2.14. The summed E-state index contributed by atoms with van der Waals surface area (Å²) in [6, 6.07) is 10.2. The summed E-state index contributed by atoms with van der Waals surface area (Å²) in [5.74, 6) is 4.70. The van der Waals surface area contributed by atoms with E-state index in [1.54, 1.807) is 6.07 Å². The molecule has 3 rings (SSSR count). The van der Waals surface area contributed by atoms with Crippen molar-refractivity contribution >= 4 is 11.0 Å². The Morgan fingerprint density at radius 3 is 2.62 bits per heavy atom. The molecule has 0 saturated heterocycles. The van der Waals surface area contributed by atoms with Crippen LogP contribution in [0, 0.1) is 18.6 Å². The maximum Gasteiger partial charge on any atom is 0.134 e. The second kappa shape index (κ2) is 5.27. The first-order valence-corrected chi connectivity index (χ1v) is 6.49. The highest BCUT2D eigenvalue weighted by atomic mass is 19.1. The van der Waals surface area contributed by atoms with Crippen LogP contribution in [-0.2, 0) is 0 Å². The summed E-state index contributed by atoms with van der Waals surface area (Å²) < 4.78 is 32.6. The third-order valence-corrected chi connectivity index (χ3v) is 3.42. The van der Waals surface area contributed by atoms with Crippen molar-refractivity contribution in [3.63, 3.8) is 0 Å². The molecule has 1 heterocycles. The molecule has 0 saturated carbocycles. The van der Waals surface area contributed by atoms with Crippen LogP contribution in [0.1, 0.15) is 22.9 Å². The summed E-state index contributed by atoms with van der Waals surface area (Å²) in [4.78, 5) is 0. The number of halogens is 2. The van der Waals surface area contributed by atoms with Gasteiger partial charge in [-0.3, -0.25) is 5.84 Å². The molecule has 0 spiro atoms. The van der Waals surface area contributed by atoms with Gasteiger partial charge in [-0.05, 0) is 31.2 Å². The van der Waals surface area contributed by atoms with Gasteiger partial charge < -0.3 is 4.42 Å². The van der Waals surface area contributed by atoms with Gasteiger partial charge in [0.25, 0.3) is 0 Å². The zero-order chi connectivity index (χ0) is 15.0. The lowest BCUT2D eigenvalue weighted by Crippen LogP contribution is -2.29. The minimum absolute atomic E-state index is 0.231. The number of nitrogens with two attached hydrogens (primary N) is 1. The van der Waals surface area contributed by atoms with E-state index in [2.05, 4.69) is 5.43 Å². The molecule has 3 nitrogen and oxygen atoms in total. The predicted octanol–water partition coefficient (Wildman–Crippen LogP) is 3.57. The van der Waals surface area contributed by atoms with Crippen LogP contribution < -0.4 is 11.3 Å². The van der Waals surface area contributed by atoms with E-state index in [1.165, 1.54) is 12.1 Å². The lowest BCUT2D eigenvalue weighted by molar-refractivity contribution is 0.460. The molecular weight excluding hydrogens is 274 g/mol. The molecular formula is C16H14F2N2O. The Balaban J connectivity index is 2.09. The number of benzene rings is 2. The van der Waals surface area contributed by atoms with Crippen LogP contribution in [0.2, 0.25) is 0 Å². The molecule has 1 unspecified atom stereocenters. The van der Waals surface area contributed by atoms with Crippen molar-refractivity contribution in [1.29, 1.82) is 0 Å². The highest BCUT2D eigenvalue weighted by Gasteiger charge is 2.21. The van der Waals surface area contributed by atoms with E-state index in [1.807, 2.05) is 25.1 Å². The monoisotopic (exact) mass is 288 g/mol. The molecule has 0 fully saturated rings. The van der Waals surface area contributed by atoms with E-state index in [0.717, 1.165) is 17.0 Å². The standard InChI is InChI=1S/C16H14F2N2O/c1-9-2-5-14-10(6-9)7-15(21-14)16(20-19)12-4-3-11(17)8-13(12)18/h2-8,16,20H,19H2,1H3. The SMILES string of the molecule is Cc1ccc2oc(C(NN)c3ccc(F)cc3F)cc2c1. The molecule has 1 atom stereocenters. The highest BCUT2D eigenvalue weighted by molar-refractivity contribution is 5.78. The van der Waals surface area contributed by atoms with Gasteiger partial charge in [-0.25, -0.2) is 14.2 Å². The van der Waals surface area contributed by atoms with Crippen LogP contribution in [-0.4, -0.2) is 0 Å². The minimum Gasteiger partial charge on any atom is -0.459 e. The molecule has 3 aromatic rings. The molecule has 0 bridgehead atoms. The van der Waals surface area contributed by atoms with Crippen LogP contribution in [0.4, 0.5) is 8.78 Å². The summed E-state index contributed by atoms with van der Waals surface area (Å²) >= 11 is 0. The molecule has 108 valence electrons. The maximum absolute atomic E-state index is 13.9. The van der Waals surface area contributed by atoms with Gasteiger partial charge in [0.1, 0.15) is 29.0 Å². The number of fused-ring (bicyclic) bond motifs is 1. The number of nitrogens with one attached hydrogen (secondary N) is 1. The third-order valence-electron chi connectivity index (χ3n) is 3.42. The average Bonchev–Trinajstić information content (AvgIpc) is 2.84. The highest BCUT2D eigenvalue weighted by Crippen LogP contribution is 2.29. The molecule has 0 radical (unpaired) electrons. The lowest BCUT2D eigenvalue weighted by atomic mass is 10.0. The number of aryl methyl sites for hydroxylation is 1. The predicted molar refractivity (Wildman–Crippen MR) is 76.5 cm³/mol. The molecule has 21 heavy (non-hydrogen) atoms. The molecule has 5 heteroatoms. The molecule has 0 aliphatic heterocycles. The molecule has 1 aromatic heterocycles. The fourth-order valence-corrected chi connectivity index (χ4v) is 2.39. The first-order chi connectivity index (χ1) is 10.1. The molecule has 2 aromatic carbocycles. The Kier molecular flexibility index (Phi) is 3.45. The number of hydrazine groups is 1. The van der Waals surface area contributed by atoms with Gasteiger partial charge in [-0.15, -0.1) is 0 Å². The van der Waals surface area contributed by atoms with Crippen molar-refractivity contribution in [2.24, 2.45) is 5.84 Å². The van der Waals surface area contributed by atoms with Gasteiger partial charge in [0.2, 0.25) is 0 Å². The van der Waals surface area contributed by atoms with E-state index in [9.17, 15) is 8.78 Å². The maximum atomic E-state index is 13.9. The molecule has 0 amide bonds. The van der Waals surface area contributed by atoms with E-state index in [-0.39, 0.29) is 5.56 Å². The van der Waals surface area contributed by atoms with Crippen molar-refractivity contribution < 1.29 is 13.2 Å². The zero-order valence-electron chi connectivity index (χ0n) is 11.4. The second-order valence-electron chi connectivity index (χ2n) is 4.96. The van der Waals surface area contributed by atoms with E-state index >= 15 is 0 Å². The number of hydrogen-bond donors (Lipinski definition) is 2. The van der Waals surface area contributed by atoms with Crippen molar-refractivity contribution in [2.45, 2.75) is 13.0 Å². The molecule has 3 N–H and O–H groups in total. The smallest absolute Gasteiger partial charge is 0.134 e. The largest absolute Gasteiger partial charge is 0.459 e. The molecule has 0 aliphatic rings. The molecule has 0 aliphatic carbocycles. The van der Waals surface area contributed by atoms with Gasteiger partial charge >= 0.3 is 0 Å². The van der Waals surface area contributed by atoms with Crippen LogP contribution in [0.5, 0.6) is 0 Å². The fourth-order valence-electron chi connectivity index (χ4n) is 2.39. The van der Waals surface area contributed by atoms with Crippen LogP contribution >= 0.6 is 0 Å². The fraction of sp³-hybridized carbons (Fsp3) is 0.125. The first-order valence-electron chi connectivity index (χ1n) is 6.49. The van der Waals surface area contributed by atoms with Gasteiger partial charge in [0.05, 0.1) is 0 Å². The van der Waals surface area contributed by atoms with Gasteiger partial charge in [-0.1, -0.05) is 17.7 Å². The van der Waals surface area contributed by atoms with Crippen molar-refractivity contribution in [1.82, 2.24) is 5.43 Å². The third kappa shape index (κ3) is 2.53. The Bertz CT molecular complexity index is 798. The summed E-state index contributed by atoms with van der Waals surface area (Å²) in [6.45, 7) is 1.98. The van der Waals surface area contributed by atoms with Crippen LogP contribution in [0.25, 0.3) is 11.0 Å². The zero-order valence-corrected chi connectivity index (χ0v) is 11.4. The van der Waals surface area contributed by atoms with Gasteiger partial charge in [0, 0.05) is 17.0 Å². The van der Waals surface area contributed by atoms with E-state index in [0.29, 0.717) is 11.3 Å². The first kappa shape index (κ1) is 13.7. The number of rotatable bonds is 3. The number of furan rings is 1. The van der Waals surface area contributed by atoms with E-state index < -0.39 is 17.7 Å². The summed E-state index contributed by atoms with van der Waals surface area (Å²) in [6.07, 6.45) is 0. The van der Waals surface area contributed by atoms with Crippen LogP contribution in [0.3, 0.4) is 0 Å². The van der Waals surface area contributed by atoms with Gasteiger partial charge in [0.15, 0.2) is 0 Å². The quantitative estimate of drug-likeness (QED) is 0.572. The summed E-state index contributed by atoms with van der Waals surface area (Å²) in [5.41, 5.74) is 4.54. The Morgan fingerprint density at radius 2 is 1.90 bits per heavy atom. The average molecular weight is 288 g/mol. The summed E-state index contributed by atoms with van der Waals surface area (Å²) in [7, 11) is 0. The topological polar surface area (TPSA) is 51.2 Å². The number of hydrogen-bond acceptors (Lipinski definition) is 3. The van der Waals surface area contributed by atoms with Crippen molar-refractivity contribution in [3.05, 3.63) is 71.0 Å². The van der Waals surface area contributed by atoms with Gasteiger partial charge in [-0.2, -0.15) is 0 Å². The second-order valence-corrected chi connectivity index (χ2v) is 4.96. The van der Waals surface area contributed by atoms with Crippen molar-refractivity contribution in [2.75, 3.05) is 0 Å². The Labute approximate surface area is 120 Å².